The van der Waals surface area contributed by atoms with Crippen molar-refractivity contribution in [2.75, 3.05) is 10.7 Å². The Bertz CT molecular complexity index is 815. The van der Waals surface area contributed by atoms with Crippen molar-refractivity contribution in [1.29, 1.82) is 0 Å². The Balaban J connectivity index is 2.09. The highest BCUT2D eigenvalue weighted by atomic mass is 35.5. The van der Waals surface area contributed by atoms with Crippen LogP contribution in [-0.2, 0) is 0 Å². The predicted molar refractivity (Wildman–Crippen MR) is 84.0 cm³/mol. The van der Waals surface area contributed by atoms with E-state index >= 15 is 0 Å². The lowest BCUT2D eigenvalue weighted by atomic mass is 10.2. The Morgan fingerprint density at radius 1 is 1.19 bits per heavy atom. The van der Waals surface area contributed by atoms with Gasteiger partial charge in [0.25, 0.3) is 0 Å². The molecule has 0 aliphatic heterocycles. The first kappa shape index (κ1) is 13.9. The minimum Gasteiger partial charge on any atom is -0.338 e. The first-order valence-electron chi connectivity index (χ1n) is 5.99. The fraction of sp³-hybridized carbons (Fsp3) is 0.0833. The number of nitrogens with zero attached hydrogens (tertiary/aromatic N) is 3. The van der Waals surface area contributed by atoms with E-state index < -0.39 is 0 Å². The SMILES string of the molecule is Cc1cc(Cl)c(Nc2nc(NN)nc3[nH]ncc23)cc1Cl. The van der Waals surface area contributed by atoms with E-state index in [1.165, 1.54) is 0 Å². The van der Waals surface area contributed by atoms with Crippen molar-refractivity contribution in [3.05, 3.63) is 33.9 Å². The second-order valence-electron chi connectivity index (χ2n) is 4.38. The highest BCUT2D eigenvalue weighted by molar-refractivity contribution is 6.35. The molecule has 0 radical (unpaired) electrons. The van der Waals surface area contributed by atoms with Crippen molar-refractivity contribution in [1.82, 2.24) is 20.2 Å². The van der Waals surface area contributed by atoms with Gasteiger partial charge in [0.2, 0.25) is 5.95 Å². The third-order valence-corrected chi connectivity index (χ3v) is 3.66. The number of fused-ring (bicyclic) bond motifs is 1. The van der Waals surface area contributed by atoms with E-state index in [0.717, 1.165) is 5.56 Å². The topological polar surface area (TPSA) is 105 Å². The number of nitrogens with one attached hydrogen (secondary N) is 3. The maximum absolute atomic E-state index is 6.22. The number of benzene rings is 1. The summed E-state index contributed by atoms with van der Waals surface area (Å²) in [5, 5.41) is 11.7. The van der Waals surface area contributed by atoms with Gasteiger partial charge in [-0.25, -0.2) is 5.84 Å². The molecule has 0 aliphatic carbocycles. The summed E-state index contributed by atoms with van der Waals surface area (Å²) in [6, 6.07) is 3.52. The van der Waals surface area contributed by atoms with Gasteiger partial charge in [-0.15, -0.1) is 0 Å². The number of anilines is 3. The molecule has 0 aliphatic rings. The molecule has 3 rings (SSSR count). The zero-order valence-electron chi connectivity index (χ0n) is 10.9. The van der Waals surface area contributed by atoms with E-state index in [-0.39, 0.29) is 5.95 Å². The summed E-state index contributed by atoms with van der Waals surface area (Å²) in [6.45, 7) is 1.88. The smallest absolute Gasteiger partial charge is 0.241 e. The lowest BCUT2D eigenvalue weighted by Crippen LogP contribution is -2.11. The third-order valence-electron chi connectivity index (χ3n) is 2.94. The van der Waals surface area contributed by atoms with Gasteiger partial charge in [-0.3, -0.25) is 10.5 Å². The molecule has 5 N–H and O–H groups in total. The number of H-pyrrole nitrogens is 1. The van der Waals surface area contributed by atoms with E-state index in [2.05, 4.69) is 30.9 Å². The van der Waals surface area contributed by atoms with Gasteiger partial charge in [-0.05, 0) is 24.6 Å². The lowest BCUT2D eigenvalue weighted by Gasteiger charge is -2.11. The van der Waals surface area contributed by atoms with Crippen molar-refractivity contribution in [3.63, 3.8) is 0 Å². The van der Waals surface area contributed by atoms with E-state index in [0.29, 0.717) is 32.6 Å². The Morgan fingerprint density at radius 3 is 2.76 bits per heavy atom. The summed E-state index contributed by atoms with van der Waals surface area (Å²) in [7, 11) is 0. The van der Waals surface area contributed by atoms with Crippen LogP contribution in [0.4, 0.5) is 17.5 Å². The fourth-order valence-electron chi connectivity index (χ4n) is 1.86. The zero-order chi connectivity index (χ0) is 15.0. The molecule has 3 aromatic rings. The molecule has 2 heterocycles. The van der Waals surface area contributed by atoms with Gasteiger partial charge in [0.15, 0.2) is 5.65 Å². The number of halogens is 2. The molecule has 2 aromatic heterocycles. The van der Waals surface area contributed by atoms with E-state index in [9.17, 15) is 0 Å². The Labute approximate surface area is 129 Å². The average molecular weight is 324 g/mol. The number of aromatic nitrogens is 4. The zero-order valence-corrected chi connectivity index (χ0v) is 12.4. The van der Waals surface area contributed by atoms with Crippen molar-refractivity contribution in [3.8, 4) is 0 Å². The molecule has 0 saturated carbocycles. The van der Waals surface area contributed by atoms with Crippen molar-refractivity contribution in [2.24, 2.45) is 5.84 Å². The van der Waals surface area contributed by atoms with Gasteiger partial charge in [-0.2, -0.15) is 15.1 Å². The molecule has 7 nitrogen and oxygen atoms in total. The maximum Gasteiger partial charge on any atom is 0.241 e. The van der Waals surface area contributed by atoms with Gasteiger partial charge >= 0.3 is 0 Å². The first-order valence-corrected chi connectivity index (χ1v) is 6.74. The molecule has 0 fully saturated rings. The summed E-state index contributed by atoms with van der Waals surface area (Å²) >= 11 is 12.3. The van der Waals surface area contributed by atoms with E-state index in [1.807, 2.05) is 6.92 Å². The highest BCUT2D eigenvalue weighted by Gasteiger charge is 2.12. The number of nitrogen functional groups attached to an aromatic ring is 1. The maximum atomic E-state index is 6.22. The summed E-state index contributed by atoms with van der Waals surface area (Å²) < 4.78 is 0. The molecule has 9 heteroatoms. The van der Waals surface area contributed by atoms with Crippen LogP contribution in [0.15, 0.2) is 18.3 Å². The van der Waals surface area contributed by atoms with Gasteiger partial charge in [0, 0.05) is 5.02 Å². The lowest BCUT2D eigenvalue weighted by molar-refractivity contribution is 1.08. The number of hydrazine groups is 1. The van der Waals surface area contributed by atoms with E-state index in [1.54, 1.807) is 18.3 Å². The van der Waals surface area contributed by atoms with Gasteiger partial charge in [0.05, 0.1) is 22.3 Å². The van der Waals surface area contributed by atoms with Crippen LogP contribution in [0.1, 0.15) is 5.56 Å². The number of nitrogens with two attached hydrogens (primary N) is 1. The fourth-order valence-corrected chi connectivity index (χ4v) is 2.29. The standard InChI is InChI=1S/C12H11Cl2N7/c1-5-2-8(14)9(3-7(5)13)17-10-6-4-16-21-11(6)19-12(18-10)20-15/h2-4H,15H2,1H3,(H3,16,17,18,19,20,21). The van der Waals surface area contributed by atoms with Gasteiger partial charge < -0.3 is 5.32 Å². The van der Waals surface area contributed by atoms with Crippen LogP contribution in [0.25, 0.3) is 11.0 Å². The third kappa shape index (κ3) is 2.58. The van der Waals surface area contributed by atoms with E-state index in [4.69, 9.17) is 29.0 Å². The molecule has 108 valence electrons. The molecule has 21 heavy (non-hydrogen) atoms. The Kier molecular flexibility index (Phi) is 3.54. The van der Waals surface area contributed by atoms with Crippen LogP contribution >= 0.6 is 23.2 Å². The molecule has 0 saturated heterocycles. The largest absolute Gasteiger partial charge is 0.338 e. The summed E-state index contributed by atoms with van der Waals surface area (Å²) in [4.78, 5) is 8.41. The number of hydrogen-bond donors (Lipinski definition) is 4. The second-order valence-corrected chi connectivity index (χ2v) is 5.19. The molecular formula is C12H11Cl2N7. The van der Waals surface area contributed by atoms with Gasteiger partial charge in [0.1, 0.15) is 5.82 Å². The molecule has 0 bridgehead atoms. The minimum atomic E-state index is 0.253. The molecule has 0 atom stereocenters. The number of aromatic amines is 1. The van der Waals surface area contributed by atoms with Crippen molar-refractivity contribution < 1.29 is 0 Å². The second kappa shape index (κ2) is 5.36. The summed E-state index contributed by atoms with van der Waals surface area (Å²) in [6.07, 6.45) is 1.61. The van der Waals surface area contributed by atoms with Crippen LogP contribution in [0, 0.1) is 6.92 Å². The quantitative estimate of drug-likeness (QED) is 0.436. The number of aryl methyl sites for hydroxylation is 1. The molecule has 0 amide bonds. The molecule has 0 unspecified atom stereocenters. The van der Waals surface area contributed by atoms with Crippen LogP contribution in [0.5, 0.6) is 0 Å². The average Bonchev–Trinajstić information content (AvgIpc) is 2.93. The minimum absolute atomic E-state index is 0.253. The van der Waals surface area contributed by atoms with Crippen molar-refractivity contribution >= 4 is 51.7 Å². The van der Waals surface area contributed by atoms with Crippen LogP contribution in [0.2, 0.25) is 10.0 Å². The summed E-state index contributed by atoms with van der Waals surface area (Å²) in [5.74, 6) is 6.13. The number of rotatable bonds is 3. The molecule has 1 aromatic carbocycles. The Morgan fingerprint density at radius 2 is 2.00 bits per heavy atom. The van der Waals surface area contributed by atoms with Crippen molar-refractivity contribution in [2.45, 2.75) is 6.92 Å². The predicted octanol–water partition coefficient (Wildman–Crippen LogP) is 3.00. The monoisotopic (exact) mass is 323 g/mol. The van der Waals surface area contributed by atoms with Gasteiger partial charge in [-0.1, -0.05) is 23.2 Å². The summed E-state index contributed by atoms with van der Waals surface area (Å²) in [5.41, 5.74) is 4.48. The molecular weight excluding hydrogens is 313 g/mol. The van der Waals surface area contributed by atoms with Crippen LogP contribution in [-0.4, -0.2) is 20.2 Å². The van der Waals surface area contributed by atoms with Crippen LogP contribution in [0.3, 0.4) is 0 Å². The Hall–Kier alpha value is -2.09. The highest BCUT2D eigenvalue weighted by Crippen LogP contribution is 2.32. The normalized spacial score (nSPS) is 10.9. The first-order chi connectivity index (χ1) is 10.1. The number of hydrogen-bond acceptors (Lipinski definition) is 6. The van der Waals surface area contributed by atoms with Crippen LogP contribution < -0.4 is 16.6 Å². The molecule has 0 spiro atoms.